The Bertz CT molecular complexity index is 1270. The van der Waals surface area contributed by atoms with Gasteiger partial charge in [0.25, 0.3) is 0 Å². The van der Waals surface area contributed by atoms with Gasteiger partial charge in [-0.15, -0.1) is 0 Å². The normalized spacial score (nSPS) is 11.8. The Morgan fingerprint density at radius 1 is 0.483 bits per heavy atom. The number of aromatic hydroxyl groups is 1. The van der Waals surface area contributed by atoms with Crippen molar-refractivity contribution in [2.75, 3.05) is 0 Å². The van der Waals surface area contributed by atoms with Gasteiger partial charge in [0.2, 0.25) is 0 Å². The third kappa shape index (κ3) is 2.86. The Morgan fingerprint density at radius 3 is 1.45 bits per heavy atom. The summed E-state index contributed by atoms with van der Waals surface area (Å²) in [5.74, 6) is 0.0722. The molecule has 29 heavy (non-hydrogen) atoms. The maximum Gasteiger partial charge on any atom is 0.144 e. The van der Waals surface area contributed by atoms with Crippen molar-refractivity contribution in [1.82, 2.24) is 0 Å². The van der Waals surface area contributed by atoms with Crippen LogP contribution in [0.25, 0.3) is 21.5 Å². The molecule has 5 rings (SSSR count). The molecule has 0 fully saturated rings. The molecule has 0 saturated heterocycles. The summed E-state index contributed by atoms with van der Waals surface area (Å²) in [4.78, 5) is 0. The van der Waals surface area contributed by atoms with E-state index < -0.39 is 5.60 Å². The van der Waals surface area contributed by atoms with E-state index in [0.29, 0.717) is 16.7 Å². The van der Waals surface area contributed by atoms with Crippen LogP contribution in [0.5, 0.6) is 5.75 Å². The molecule has 5 aromatic rings. The molecular weight excluding hydrogens is 356 g/mol. The molecule has 0 atom stereocenters. The van der Waals surface area contributed by atoms with E-state index in [9.17, 15) is 10.2 Å². The van der Waals surface area contributed by atoms with E-state index in [2.05, 4.69) is 24.3 Å². The lowest BCUT2D eigenvalue weighted by Crippen LogP contribution is -2.29. The Morgan fingerprint density at radius 2 is 0.931 bits per heavy atom. The fourth-order valence-electron chi connectivity index (χ4n) is 4.11. The molecule has 0 unspecified atom stereocenters. The van der Waals surface area contributed by atoms with Gasteiger partial charge in [-0.05, 0) is 56.9 Å². The lowest BCUT2D eigenvalue weighted by atomic mass is 9.79. The Balaban J connectivity index is 1.82. The van der Waals surface area contributed by atoms with Gasteiger partial charge in [-0.3, -0.25) is 0 Å². The maximum absolute atomic E-state index is 12.0. The quantitative estimate of drug-likeness (QED) is 0.300. The molecule has 2 N–H and O–H groups in total. The van der Waals surface area contributed by atoms with E-state index in [1.54, 1.807) is 6.07 Å². The summed E-state index contributed by atoms with van der Waals surface area (Å²) in [6, 6.07) is 34.9. The predicted molar refractivity (Wildman–Crippen MR) is 118 cm³/mol. The largest absolute Gasteiger partial charge is 0.508 e. The average Bonchev–Trinajstić information content (AvgIpc) is 2.78. The van der Waals surface area contributed by atoms with Crippen LogP contribution in [-0.4, -0.2) is 10.2 Å². The van der Waals surface area contributed by atoms with E-state index in [4.69, 9.17) is 0 Å². The van der Waals surface area contributed by atoms with E-state index >= 15 is 0 Å². The number of benzene rings is 5. The molecule has 2 heteroatoms. The van der Waals surface area contributed by atoms with E-state index in [0.717, 1.165) is 21.5 Å². The van der Waals surface area contributed by atoms with Crippen molar-refractivity contribution in [1.29, 1.82) is 0 Å². The fraction of sp³-hybridized carbons (Fsp3) is 0.0370. The average molecular weight is 376 g/mol. The van der Waals surface area contributed by atoms with Crippen molar-refractivity contribution < 1.29 is 10.2 Å². The van der Waals surface area contributed by atoms with Gasteiger partial charge < -0.3 is 10.2 Å². The molecule has 0 aliphatic heterocycles. The Hall–Kier alpha value is -3.62. The SMILES string of the molecule is Oc1cc2cc3ccccc3cc2cc1C(O)(c1ccccc1)c1ccccc1. The highest BCUT2D eigenvalue weighted by Gasteiger charge is 2.36. The van der Waals surface area contributed by atoms with Gasteiger partial charge in [-0.1, -0.05) is 84.9 Å². The van der Waals surface area contributed by atoms with Crippen molar-refractivity contribution in [2.45, 2.75) is 5.60 Å². The second-order valence-electron chi connectivity index (χ2n) is 7.36. The third-order valence-electron chi connectivity index (χ3n) is 5.59. The molecule has 0 saturated carbocycles. The van der Waals surface area contributed by atoms with Crippen molar-refractivity contribution in [2.24, 2.45) is 0 Å². The molecule has 0 spiro atoms. The molecule has 0 bridgehead atoms. The van der Waals surface area contributed by atoms with Crippen LogP contribution in [0, 0.1) is 0 Å². The Labute approximate surface area is 169 Å². The van der Waals surface area contributed by atoms with Gasteiger partial charge >= 0.3 is 0 Å². The van der Waals surface area contributed by atoms with Gasteiger partial charge in [0.15, 0.2) is 0 Å². The number of phenolic OH excluding ortho intramolecular Hbond substituents is 1. The van der Waals surface area contributed by atoms with Crippen molar-refractivity contribution in [3.05, 3.63) is 126 Å². The lowest BCUT2D eigenvalue weighted by Gasteiger charge is -2.31. The second-order valence-corrected chi connectivity index (χ2v) is 7.36. The van der Waals surface area contributed by atoms with Crippen molar-refractivity contribution in [3.8, 4) is 5.75 Å². The number of fused-ring (bicyclic) bond motifs is 2. The van der Waals surface area contributed by atoms with Crippen molar-refractivity contribution >= 4 is 21.5 Å². The van der Waals surface area contributed by atoms with E-state index in [-0.39, 0.29) is 5.75 Å². The van der Waals surface area contributed by atoms with Gasteiger partial charge in [0.1, 0.15) is 11.4 Å². The molecule has 0 aromatic heterocycles. The molecule has 0 amide bonds. The zero-order valence-corrected chi connectivity index (χ0v) is 15.8. The number of rotatable bonds is 3. The molecule has 0 aliphatic rings. The maximum atomic E-state index is 12.0. The summed E-state index contributed by atoms with van der Waals surface area (Å²) in [6.45, 7) is 0. The molecule has 140 valence electrons. The molecule has 5 aromatic carbocycles. The van der Waals surface area contributed by atoms with Gasteiger partial charge in [0, 0.05) is 5.56 Å². The molecule has 2 nitrogen and oxygen atoms in total. The topological polar surface area (TPSA) is 40.5 Å². The fourth-order valence-corrected chi connectivity index (χ4v) is 4.11. The molecule has 0 heterocycles. The number of aliphatic hydroxyl groups is 1. The highest BCUT2D eigenvalue weighted by Crippen LogP contribution is 2.42. The first-order valence-corrected chi connectivity index (χ1v) is 9.66. The van der Waals surface area contributed by atoms with Crippen LogP contribution in [0.2, 0.25) is 0 Å². The first-order valence-electron chi connectivity index (χ1n) is 9.66. The van der Waals surface area contributed by atoms with Crippen LogP contribution in [0.3, 0.4) is 0 Å². The zero-order chi connectivity index (χ0) is 19.8. The third-order valence-corrected chi connectivity index (χ3v) is 5.59. The standard InChI is InChI=1S/C27H20O2/c28-26-18-22-16-20-10-8-7-9-19(20)15-21(22)17-25(26)27(29,23-11-3-1-4-12-23)24-13-5-2-6-14-24/h1-18,28-29H. The number of phenols is 1. The van der Waals surface area contributed by atoms with Crippen LogP contribution in [0.1, 0.15) is 16.7 Å². The van der Waals surface area contributed by atoms with E-state index in [1.807, 2.05) is 78.9 Å². The second kappa shape index (κ2) is 6.77. The van der Waals surface area contributed by atoms with Crippen molar-refractivity contribution in [3.63, 3.8) is 0 Å². The van der Waals surface area contributed by atoms with E-state index in [1.165, 1.54) is 0 Å². The van der Waals surface area contributed by atoms with Gasteiger partial charge in [-0.25, -0.2) is 0 Å². The summed E-state index contributed by atoms with van der Waals surface area (Å²) in [5, 5.41) is 27.2. The highest BCUT2D eigenvalue weighted by atomic mass is 16.3. The summed E-state index contributed by atoms with van der Waals surface area (Å²) in [5.41, 5.74) is 0.424. The Kier molecular flexibility index (Phi) is 4.08. The predicted octanol–water partition coefficient (Wildman–Crippen LogP) is 5.98. The highest BCUT2D eigenvalue weighted by molar-refractivity contribution is 5.99. The molecule has 0 radical (unpaired) electrons. The van der Waals surface area contributed by atoms with Crippen LogP contribution in [-0.2, 0) is 5.60 Å². The smallest absolute Gasteiger partial charge is 0.144 e. The van der Waals surface area contributed by atoms with Crippen LogP contribution < -0.4 is 0 Å². The van der Waals surface area contributed by atoms with Gasteiger partial charge in [0.05, 0.1) is 0 Å². The van der Waals surface area contributed by atoms with Crippen LogP contribution >= 0.6 is 0 Å². The first-order chi connectivity index (χ1) is 14.2. The summed E-state index contributed by atoms with van der Waals surface area (Å²) < 4.78 is 0. The summed E-state index contributed by atoms with van der Waals surface area (Å²) >= 11 is 0. The summed E-state index contributed by atoms with van der Waals surface area (Å²) in [7, 11) is 0. The molecule has 0 aliphatic carbocycles. The summed E-state index contributed by atoms with van der Waals surface area (Å²) in [6.07, 6.45) is 0. The minimum Gasteiger partial charge on any atom is -0.508 e. The minimum atomic E-state index is -1.47. The monoisotopic (exact) mass is 376 g/mol. The lowest BCUT2D eigenvalue weighted by molar-refractivity contribution is 0.122. The van der Waals surface area contributed by atoms with Crippen LogP contribution in [0.4, 0.5) is 0 Å². The molecular formula is C27H20O2. The zero-order valence-electron chi connectivity index (χ0n) is 15.8. The van der Waals surface area contributed by atoms with Crippen LogP contribution in [0.15, 0.2) is 109 Å². The van der Waals surface area contributed by atoms with Gasteiger partial charge in [-0.2, -0.15) is 0 Å². The number of hydrogen-bond acceptors (Lipinski definition) is 2. The number of hydrogen-bond donors (Lipinski definition) is 2. The first kappa shape index (κ1) is 17.5. The minimum absolute atomic E-state index is 0.0722.